The van der Waals surface area contributed by atoms with Gasteiger partial charge in [0.2, 0.25) is 11.5 Å². The Morgan fingerprint density at radius 1 is 1.25 bits per heavy atom. The van der Waals surface area contributed by atoms with Crippen LogP contribution in [0.5, 0.6) is 0 Å². The van der Waals surface area contributed by atoms with Gasteiger partial charge in [-0.25, -0.2) is 8.78 Å². The fraction of sp³-hybridized carbons (Fsp3) is 0.333. The Balaban J connectivity index is 4.00. The highest BCUT2D eigenvalue weighted by Crippen LogP contribution is 2.18. The van der Waals surface area contributed by atoms with Crippen LogP contribution in [0.25, 0.3) is 0 Å². The topological polar surface area (TPSA) is 0 Å². The summed E-state index contributed by atoms with van der Waals surface area (Å²) in [5.41, 5.74) is -2.72. The monoisotopic (exact) mass is 148 g/mol. The summed E-state index contributed by atoms with van der Waals surface area (Å²) in [5.74, 6) is -2.22. The highest BCUT2D eigenvalue weighted by atomic mass is 35.5. The Morgan fingerprint density at radius 3 is 1.62 bits per heavy atom. The molecule has 0 aromatic rings. The smallest absolute Gasteiger partial charge is 0.222 e. The fourth-order valence-corrected chi connectivity index (χ4v) is 0.165. The first kappa shape index (κ1) is 7.75. The third kappa shape index (κ3) is 2.16. The zero-order valence-corrected chi connectivity index (χ0v) is 4.22. The van der Waals surface area contributed by atoms with Crippen LogP contribution in [0, 0.1) is 0 Å². The predicted octanol–water partition coefficient (Wildman–Crippen LogP) is 2.60. The van der Waals surface area contributed by atoms with Gasteiger partial charge in [-0.05, 0) is 0 Å². The standard InChI is InChI=1S/C3HClF4/c4-2(6)1(5)3(7)8/h2H. The Hall–Kier alpha value is -0.250. The first-order valence-corrected chi connectivity index (χ1v) is 1.98. The van der Waals surface area contributed by atoms with E-state index >= 15 is 0 Å². The van der Waals surface area contributed by atoms with E-state index in [4.69, 9.17) is 0 Å². The Labute approximate surface area is 47.7 Å². The van der Waals surface area contributed by atoms with Crippen molar-refractivity contribution in [3.63, 3.8) is 0 Å². The predicted molar refractivity (Wildman–Crippen MR) is 21.1 cm³/mol. The Morgan fingerprint density at radius 2 is 1.62 bits per heavy atom. The van der Waals surface area contributed by atoms with Crippen molar-refractivity contribution in [2.45, 2.75) is 5.63 Å². The third-order valence-corrected chi connectivity index (χ3v) is 0.564. The summed E-state index contributed by atoms with van der Waals surface area (Å²) in [6, 6.07) is 0. The zero-order chi connectivity index (χ0) is 6.73. The van der Waals surface area contributed by atoms with Gasteiger partial charge in [0.15, 0.2) is 0 Å². The molecule has 0 amide bonds. The van der Waals surface area contributed by atoms with Gasteiger partial charge in [0.25, 0.3) is 0 Å². The van der Waals surface area contributed by atoms with Gasteiger partial charge < -0.3 is 0 Å². The number of allylic oxidation sites excluding steroid dienone is 1. The summed E-state index contributed by atoms with van der Waals surface area (Å²) >= 11 is 4.24. The van der Waals surface area contributed by atoms with Gasteiger partial charge in [-0.2, -0.15) is 8.78 Å². The average Bonchev–Trinajstić information content (AvgIpc) is 1.64. The molecule has 0 fully saturated rings. The van der Waals surface area contributed by atoms with E-state index in [1.807, 2.05) is 0 Å². The molecule has 0 bridgehead atoms. The molecule has 0 N–H and O–H groups in total. The van der Waals surface area contributed by atoms with Crippen LogP contribution in [0.1, 0.15) is 0 Å². The molecule has 0 saturated heterocycles. The van der Waals surface area contributed by atoms with E-state index in [-0.39, 0.29) is 0 Å². The van der Waals surface area contributed by atoms with Gasteiger partial charge >= 0.3 is 6.08 Å². The summed E-state index contributed by atoms with van der Waals surface area (Å²) in [6.07, 6.45) is -2.72. The highest BCUT2D eigenvalue weighted by Gasteiger charge is 2.14. The fourth-order valence-electron chi connectivity index (χ4n) is 0.0825. The van der Waals surface area contributed by atoms with Crippen LogP contribution in [-0.2, 0) is 0 Å². The quantitative estimate of drug-likeness (QED) is 0.396. The molecule has 5 heteroatoms. The lowest BCUT2D eigenvalue weighted by Gasteiger charge is -1.89. The van der Waals surface area contributed by atoms with Gasteiger partial charge in [-0.1, -0.05) is 11.6 Å². The summed E-state index contributed by atoms with van der Waals surface area (Å²) < 4.78 is 44.2. The molecule has 0 aromatic carbocycles. The van der Waals surface area contributed by atoms with Gasteiger partial charge in [-0.15, -0.1) is 0 Å². The molecule has 1 unspecified atom stereocenters. The summed E-state index contributed by atoms with van der Waals surface area (Å²) in [4.78, 5) is 0. The Bertz CT molecular complexity index is 104. The van der Waals surface area contributed by atoms with E-state index in [2.05, 4.69) is 11.6 Å². The van der Waals surface area contributed by atoms with Crippen LogP contribution in [-0.4, -0.2) is 5.63 Å². The second kappa shape index (κ2) is 2.91. The van der Waals surface area contributed by atoms with Crippen molar-refractivity contribution < 1.29 is 17.6 Å². The van der Waals surface area contributed by atoms with Crippen LogP contribution in [0.3, 0.4) is 0 Å². The Kier molecular flexibility index (Phi) is 2.82. The lowest BCUT2D eigenvalue weighted by Crippen LogP contribution is -1.88. The van der Waals surface area contributed by atoms with Crippen molar-refractivity contribution in [3.8, 4) is 0 Å². The van der Waals surface area contributed by atoms with E-state index in [0.29, 0.717) is 0 Å². The molecule has 0 heterocycles. The zero-order valence-electron chi connectivity index (χ0n) is 3.47. The van der Waals surface area contributed by atoms with Crippen molar-refractivity contribution >= 4 is 11.6 Å². The second-order valence-electron chi connectivity index (χ2n) is 0.909. The van der Waals surface area contributed by atoms with Crippen LogP contribution in [0.15, 0.2) is 11.9 Å². The minimum absolute atomic E-state index is 2.22. The first-order chi connectivity index (χ1) is 3.55. The highest BCUT2D eigenvalue weighted by molar-refractivity contribution is 6.21. The van der Waals surface area contributed by atoms with Crippen molar-refractivity contribution in [1.29, 1.82) is 0 Å². The first-order valence-electron chi connectivity index (χ1n) is 1.54. The normalized spacial score (nSPS) is 13.1. The molecule has 1 atom stereocenters. The number of halogens is 5. The summed E-state index contributed by atoms with van der Waals surface area (Å²) in [5, 5.41) is 0. The molecule has 0 aliphatic rings. The van der Waals surface area contributed by atoms with E-state index in [1.165, 1.54) is 0 Å². The molecule has 0 aliphatic heterocycles. The third-order valence-electron chi connectivity index (χ3n) is 0.372. The minimum atomic E-state index is -2.72. The van der Waals surface area contributed by atoms with Crippen molar-refractivity contribution in [2.24, 2.45) is 0 Å². The number of hydrogen-bond acceptors (Lipinski definition) is 0. The number of rotatable bonds is 1. The van der Waals surface area contributed by atoms with Crippen molar-refractivity contribution in [3.05, 3.63) is 11.9 Å². The molecule has 0 nitrogen and oxygen atoms in total. The maximum absolute atomic E-state index is 11.3. The minimum Gasteiger partial charge on any atom is -0.222 e. The lowest BCUT2D eigenvalue weighted by molar-refractivity contribution is 0.332. The molecule has 0 rings (SSSR count). The second-order valence-corrected chi connectivity index (χ2v) is 1.29. The molecule has 0 saturated carbocycles. The van der Waals surface area contributed by atoms with Gasteiger partial charge in [-0.3, -0.25) is 0 Å². The van der Waals surface area contributed by atoms with Gasteiger partial charge in [0, 0.05) is 0 Å². The molecule has 0 aliphatic carbocycles. The van der Waals surface area contributed by atoms with E-state index in [0.717, 1.165) is 0 Å². The van der Waals surface area contributed by atoms with Crippen molar-refractivity contribution in [1.82, 2.24) is 0 Å². The lowest BCUT2D eigenvalue weighted by atomic mass is 10.6. The largest absolute Gasteiger partial charge is 0.305 e. The van der Waals surface area contributed by atoms with E-state index in [1.54, 1.807) is 0 Å². The summed E-state index contributed by atoms with van der Waals surface area (Å²) in [7, 11) is 0. The van der Waals surface area contributed by atoms with Crippen LogP contribution < -0.4 is 0 Å². The van der Waals surface area contributed by atoms with Crippen LogP contribution >= 0.6 is 11.6 Å². The molecular formula is C3HClF4. The van der Waals surface area contributed by atoms with Crippen molar-refractivity contribution in [2.75, 3.05) is 0 Å². The van der Waals surface area contributed by atoms with Gasteiger partial charge in [0.05, 0.1) is 0 Å². The molecular weight excluding hydrogens is 147 g/mol. The molecule has 8 heavy (non-hydrogen) atoms. The maximum Gasteiger partial charge on any atom is 0.305 e. The van der Waals surface area contributed by atoms with Crippen LogP contribution in [0.2, 0.25) is 0 Å². The average molecular weight is 148 g/mol. The van der Waals surface area contributed by atoms with Crippen LogP contribution in [0.4, 0.5) is 17.6 Å². The van der Waals surface area contributed by atoms with E-state index in [9.17, 15) is 17.6 Å². The molecule has 0 spiro atoms. The SMILES string of the molecule is FC(F)=C(F)C(F)Cl. The molecule has 48 valence electrons. The maximum atomic E-state index is 11.3. The summed E-state index contributed by atoms with van der Waals surface area (Å²) in [6.45, 7) is 0. The number of alkyl halides is 2. The molecule has 0 radical (unpaired) electrons. The van der Waals surface area contributed by atoms with E-state index < -0.39 is 17.5 Å². The van der Waals surface area contributed by atoms with Gasteiger partial charge in [0.1, 0.15) is 0 Å². The number of hydrogen-bond donors (Lipinski definition) is 0. The molecule has 0 aromatic heterocycles.